The number of rotatable bonds is 10. The highest BCUT2D eigenvalue weighted by Crippen LogP contribution is 2.17. The zero-order valence-corrected chi connectivity index (χ0v) is 43.2. The van der Waals surface area contributed by atoms with Gasteiger partial charge in [-0.05, 0) is 111 Å². The number of halogens is 6. The molecule has 0 saturated carbocycles. The number of ether oxygens (including phenoxy) is 2. The van der Waals surface area contributed by atoms with Crippen LogP contribution < -0.4 is 5.32 Å². The van der Waals surface area contributed by atoms with E-state index < -0.39 is 31.2 Å². The number of hydrogen-bond acceptors (Lipinski definition) is 9. The second-order valence-electron chi connectivity index (χ2n) is 14.4. The predicted molar refractivity (Wildman–Crippen MR) is 270 cm³/mol. The van der Waals surface area contributed by atoms with Gasteiger partial charge in [-0.15, -0.1) is 0 Å². The molecule has 1 fully saturated rings. The second kappa shape index (κ2) is 46.9. The Morgan fingerprint density at radius 2 is 1.16 bits per heavy atom. The highest BCUT2D eigenvalue weighted by Gasteiger charge is 2.27. The Morgan fingerprint density at radius 1 is 0.600 bits per heavy atom. The van der Waals surface area contributed by atoms with Gasteiger partial charge in [0.05, 0.1) is 12.7 Å². The standard InChI is InChI=1S/C8H10.3C7H9N.C6H8N2.C6H12O.C5H8F3NO.C5H10O2.C3H5F3/c1-2-8-6-4-3-5-7-8;1-2-7-3-5-8-6-4-7;1-2-7-4-3-5-8-6-7;1-2-7-5-3-4-6-8-7;1-2-6-3-4-7-5-8-6;1-2-6-4-3-5-7-6;1-2-4(10)9-3-5(6,7)8;1-3-5(6)7-4-2;1-2-3(4,5)6/h3-7H,2H2,1H3;3*3-6H,2H2,1H3;3-5H,2H2,1H3;6H,2-5H2,1H3;2-3H2,1H3,(H,9,10);3-4H2,1-2H3;2H2,1H3. The van der Waals surface area contributed by atoms with Crippen LogP contribution >= 0.6 is 0 Å². The minimum atomic E-state index is -4.30. The Labute approximate surface area is 414 Å². The predicted octanol–water partition coefficient (Wildman–Crippen LogP) is 13.8. The Morgan fingerprint density at radius 3 is 1.46 bits per heavy atom. The number of aryl methyl sites for hydroxylation is 5. The molecule has 0 bridgehead atoms. The fourth-order valence-corrected chi connectivity index (χ4v) is 4.63. The summed E-state index contributed by atoms with van der Waals surface area (Å²) < 4.78 is 76.2. The maximum Gasteiger partial charge on any atom is 0.405 e. The van der Waals surface area contributed by atoms with Crippen molar-refractivity contribution in [1.82, 2.24) is 30.2 Å². The molecule has 1 aromatic carbocycles. The van der Waals surface area contributed by atoms with Crippen LogP contribution in [0, 0.1) is 0 Å². The summed E-state index contributed by atoms with van der Waals surface area (Å²) in [6, 6.07) is 26.4. The van der Waals surface area contributed by atoms with Crippen LogP contribution in [-0.4, -0.2) is 75.0 Å². The van der Waals surface area contributed by atoms with Crippen molar-refractivity contribution in [3.05, 3.63) is 150 Å². The summed E-state index contributed by atoms with van der Waals surface area (Å²) in [6.07, 6.45) is 13.7. The maximum absolute atomic E-state index is 11.3. The van der Waals surface area contributed by atoms with Crippen LogP contribution in [0.2, 0.25) is 0 Å². The van der Waals surface area contributed by atoms with Crippen molar-refractivity contribution in [2.24, 2.45) is 0 Å². The van der Waals surface area contributed by atoms with Gasteiger partial charge in [0.15, 0.2) is 0 Å². The first-order chi connectivity index (χ1) is 33.4. The first-order valence-electron chi connectivity index (χ1n) is 24.1. The molecule has 1 aliphatic rings. The Kier molecular flexibility index (Phi) is 45.9. The van der Waals surface area contributed by atoms with Crippen LogP contribution in [-0.2, 0) is 51.2 Å². The third-order valence-corrected chi connectivity index (χ3v) is 8.91. The first-order valence-corrected chi connectivity index (χ1v) is 24.1. The lowest BCUT2D eigenvalue weighted by atomic mass is 10.2. The lowest BCUT2D eigenvalue weighted by Crippen LogP contribution is -2.33. The van der Waals surface area contributed by atoms with E-state index in [2.05, 4.69) is 102 Å². The molecule has 5 heterocycles. The molecule has 70 heavy (non-hydrogen) atoms. The number of amides is 1. The van der Waals surface area contributed by atoms with E-state index in [1.807, 2.05) is 73.3 Å². The van der Waals surface area contributed by atoms with Crippen LogP contribution in [0.25, 0.3) is 0 Å². The van der Waals surface area contributed by atoms with Crippen molar-refractivity contribution in [3.63, 3.8) is 0 Å². The lowest BCUT2D eigenvalue weighted by molar-refractivity contribution is -0.142. The summed E-state index contributed by atoms with van der Waals surface area (Å²) >= 11 is 0. The number of carbonyl (C=O) groups excluding carboxylic acids is 2. The molecule has 5 aromatic rings. The molecule has 1 atom stereocenters. The van der Waals surface area contributed by atoms with E-state index >= 15 is 0 Å². The molecule has 0 radical (unpaired) electrons. The van der Waals surface area contributed by atoms with E-state index in [0.717, 1.165) is 57.0 Å². The number of alkyl halides is 6. The highest BCUT2D eigenvalue weighted by molar-refractivity contribution is 5.75. The fourth-order valence-electron chi connectivity index (χ4n) is 4.63. The van der Waals surface area contributed by atoms with Crippen molar-refractivity contribution in [2.75, 3.05) is 19.8 Å². The number of carbonyl (C=O) groups is 2. The molecule has 1 unspecified atom stereocenters. The van der Waals surface area contributed by atoms with Gasteiger partial charge in [-0.3, -0.25) is 24.5 Å². The topological polar surface area (TPSA) is 129 Å². The summed E-state index contributed by atoms with van der Waals surface area (Å²) in [5, 5.41) is 1.71. The summed E-state index contributed by atoms with van der Waals surface area (Å²) in [7, 11) is 0. The third-order valence-electron chi connectivity index (χ3n) is 8.91. The zero-order valence-electron chi connectivity index (χ0n) is 43.2. The molecule has 1 aliphatic heterocycles. The van der Waals surface area contributed by atoms with Gasteiger partial charge >= 0.3 is 18.3 Å². The van der Waals surface area contributed by atoms with Gasteiger partial charge in [-0.2, -0.15) is 26.3 Å². The number of esters is 1. The SMILES string of the molecule is CCC(=O)NCC(F)(F)F.CCC(F)(F)F.CCC1CCCO1.CCOC(=O)CC.CCc1ccccc1.CCc1ccccn1.CCc1cccnc1.CCc1ccncc1.CCc1ccncn1. The summed E-state index contributed by atoms with van der Waals surface area (Å²) in [4.78, 5) is 40.2. The average molecular weight is 991 g/mol. The quantitative estimate of drug-likeness (QED) is 0.107. The minimum absolute atomic E-state index is 0.0794. The summed E-state index contributed by atoms with van der Waals surface area (Å²) in [5.74, 6) is -0.708. The van der Waals surface area contributed by atoms with Gasteiger partial charge in [-0.1, -0.05) is 105 Å². The Bertz CT molecular complexity index is 1630. The first kappa shape index (κ1) is 68.5. The summed E-state index contributed by atoms with van der Waals surface area (Å²) in [6.45, 7) is 19.2. The minimum Gasteiger partial charge on any atom is -0.466 e. The molecule has 0 aliphatic carbocycles. The van der Waals surface area contributed by atoms with Gasteiger partial charge in [0.2, 0.25) is 5.91 Å². The van der Waals surface area contributed by atoms with E-state index in [1.165, 1.54) is 42.9 Å². The Hall–Kier alpha value is -5.77. The number of benzene rings is 1. The average Bonchev–Trinajstić information content (AvgIpc) is 3.95. The molecular formula is C54H80F6N6O4. The third kappa shape index (κ3) is 48.7. The lowest BCUT2D eigenvalue weighted by Gasteiger charge is -2.06. The molecule has 4 aromatic heterocycles. The van der Waals surface area contributed by atoms with E-state index in [-0.39, 0.29) is 12.4 Å². The molecule has 16 heteroatoms. The van der Waals surface area contributed by atoms with Crippen molar-refractivity contribution < 1.29 is 45.4 Å². The normalized spacial score (nSPS) is 11.8. The van der Waals surface area contributed by atoms with E-state index in [1.54, 1.807) is 37.9 Å². The number of nitrogens with zero attached hydrogens (tertiary/aromatic N) is 5. The van der Waals surface area contributed by atoms with Crippen LogP contribution in [0.3, 0.4) is 0 Å². The number of nitrogens with one attached hydrogen (secondary N) is 1. The smallest absolute Gasteiger partial charge is 0.405 e. The fraction of sp³-hybridized carbons (Fsp3) is 0.500. The van der Waals surface area contributed by atoms with Gasteiger partial charge < -0.3 is 14.8 Å². The van der Waals surface area contributed by atoms with Crippen LogP contribution in [0.15, 0.2) is 122 Å². The summed E-state index contributed by atoms with van der Waals surface area (Å²) in [5.41, 5.74) is 6.31. The van der Waals surface area contributed by atoms with Gasteiger partial charge in [0.1, 0.15) is 12.9 Å². The van der Waals surface area contributed by atoms with Crippen molar-refractivity contribution in [3.8, 4) is 0 Å². The number of pyridine rings is 3. The molecule has 1 amide bonds. The van der Waals surface area contributed by atoms with Crippen LogP contribution in [0.4, 0.5) is 26.3 Å². The van der Waals surface area contributed by atoms with Crippen molar-refractivity contribution in [2.45, 2.75) is 158 Å². The van der Waals surface area contributed by atoms with E-state index in [0.29, 0.717) is 19.1 Å². The molecule has 1 saturated heterocycles. The van der Waals surface area contributed by atoms with Crippen LogP contribution in [0.1, 0.15) is 136 Å². The number of aromatic nitrogens is 5. The number of hydrogen-bond donors (Lipinski definition) is 1. The maximum atomic E-state index is 11.3. The largest absolute Gasteiger partial charge is 0.466 e. The molecule has 10 nitrogen and oxygen atoms in total. The van der Waals surface area contributed by atoms with E-state index in [9.17, 15) is 35.9 Å². The molecule has 0 spiro atoms. The van der Waals surface area contributed by atoms with Gasteiger partial charge in [0, 0.05) is 74.4 Å². The zero-order chi connectivity index (χ0) is 53.3. The molecule has 1 N–H and O–H groups in total. The molecule has 392 valence electrons. The van der Waals surface area contributed by atoms with Gasteiger partial charge in [0.25, 0.3) is 0 Å². The van der Waals surface area contributed by atoms with E-state index in [4.69, 9.17) is 4.74 Å². The second-order valence-corrected chi connectivity index (χ2v) is 14.4. The van der Waals surface area contributed by atoms with Gasteiger partial charge in [-0.25, -0.2) is 9.97 Å². The van der Waals surface area contributed by atoms with Crippen LogP contribution in [0.5, 0.6) is 0 Å². The highest BCUT2D eigenvalue weighted by atomic mass is 19.4. The molecule has 6 rings (SSSR count). The monoisotopic (exact) mass is 991 g/mol. The molecular weight excluding hydrogens is 911 g/mol. The Balaban J connectivity index is -0.000000723. The van der Waals surface area contributed by atoms with Crippen molar-refractivity contribution in [1.29, 1.82) is 0 Å². The van der Waals surface area contributed by atoms with Crippen molar-refractivity contribution >= 4 is 11.9 Å².